The number of carbonyl (C=O) groups is 1. The van der Waals surface area contributed by atoms with E-state index in [-0.39, 0.29) is 11.5 Å². The zero-order valence-corrected chi connectivity index (χ0v) is 11.4. The molecule has 108 valence electrons. The molecule has 1 aliphatic carbocycles. The second kappa shape index (κ2) is 5.56. The molecule has 0 unspecified atom stereocenters. The number of hydrogen-bond donors (Lipinski definition) is 1. The predicted octanol–water partition coefficient (Wildman–Crippen LogP) is 3.98. The summed E-state index contributed by atoms with van der Waals surface area (Å²) in [6.07, 6.45) is 1.98. The van der Waals surface area contributed by atoms with Gasteiger partial charge in [0.25, 0.3) is 0 Å². The maximum absolute atomic E-state index is 13.8. The molecule has 3 rings (SSSR count). The summed E-state index contributed by atoms with van der Waals surface area (Å²) < 4.78 is 19.5. The lowest BCUT2D eigenvalue weighted by molar-refractivity contribution is 0.0691. The van der Waals surface area contributed by atoms with Gasteiger partial charge in [0.05, 0.1) is 5.56 Å². The van der Waals surface area contributed by atoms with Crippen LogP contribution in [0.3, 0.4) is 0 Å². The minimum Gasteiger partial charge on any atom is -0.489 e. The summed E-state index contributed by atoms with van der Waals surface area (Å²) in [4.78, 5) is 11.0. The lowest BCUT2D eigenvalue weighted by Crippen LogP contribution is -2.05. The lowest BCUT2D eigenvalue weighted by Gasteiger charge is -2.13. The molecule has 0 saturated heterocycles. The van der Waals surface area contributed by atoms with Crippen LogP contribution >= 0.6 is 0 Å². The van der Waals surface area contributed by atoms with Gasteiger partial charge in [0.2, 0.25) is 0 Å². The Kier molecular flexibility index (Phi) is 3.60. The number of carboxylic acids is 1. The summed E-state index contributed by atoms with van der Waals surface area (Å²) in [6, 6.07) is 12.2. The van der Waals surface area contributed by atoms with Gasteiger partial charge < -0.3 is 9.84 Å². The minimum absolute atomic E-state index is 0.287. The van der Waals surface area contributed by atoms with Gasteiger partial charge in [0.15, 0.2) is 0 Å². The third-order valence-electron chi connectivity index (χ3n) is 3.58. The van der Waals surface area contributed by atoms with Crippen molar-refractivity contribution in [3.8, 4) is 5.75 Å². The molecule has 0 aromatic heterocycles. The Labute approximate surface area is 122 Å². The standard InChI is InChI=1S/C17H15FO3/c18-15-9-16(21-10-11-4-2-1-3-5-11)13(12-6-7-12)8-14(15)17(19)20/h1-5,8-9,12H,6-7,10H2,(H,19,20). The van der Waals surface area contributed by atoms with Crippen LogP contribution < -0.4 is 4.74 Å². The van der Waals surface area contributed by atoms with E-state index >= 15 is 0 Å². The van der Waals surface area contributed by atoms with Crippen LogP contribution in [0.25, 0.3) is 0 Å². The molecule has 1 N–H and O–H groups in total. The molecule has 4 heteroatoms. The van der Waals surface area contributed by atoms with Crippen molar-refractivity contribution in [3.63, 3.8) is 0 Å². The number of rotatable bonds is 5. The van der Waals surface area contributed by atoms with Crippen molar-refractivity contribution in [2.75, 3.05) is 0 Å². The molecular formula is C17H15FO3. The third kappa shape index (κ3) is 3.05. The first-order valence-electron chi connectivity index (χ1n) is 6.88. The first-order valence-corrected chi connectivity index (χ1v) is 6.88. The van der Waals surface area contributed by atoms with Crippen LogP contribution in [0.2, 0.25) is 0 Å². The van der Waals surface area contributed by atoms with Gasteiger partial charge >= 0.3 is 5.97 Å². The quantitative estimate of drug-likeness (QED) is 0.904. The second-order valence-corrected chi connectivity index (χ2v) is 5.22. The normalized spacial score (nSPS) is 14.0. The molecule has 0 bridgehead atoms. The monoisotopic (exact) mass is 286 g/mol. The van der Waals surface area contributed by atoms with Crippen molar-refractivity contribution in [1.82, 2.24) is 0 Å². The Morgan fingerprint density at radius 1 is 1.24 bits per heavy atom. The van der Waals surface area contributed by atoms with Gasteiger partial charge in [-0.2, -0.15) is 0 Å². The van der Waals surface area contributed by atoms with Crippen LogP contribution in [0, 0.1) is 5.82 Å². The summed E-state index contributed by atoms with van der Waals surface area (Å²) in [6.45, 7) is 0.340. The number of ether oxygens (including phenoxy) is 1. The van der Waals surface area contributed by atoms with E-state index in [1.807, 2.05) is 30.3 Å². The first kappa shape index (κ1) is 13.6. The molecule has 2 aromatic rings. The molecule has 0 radical (unpaired) electrons. The number of carboxylic acid groups (broad SMARTS) is 1. The molecule has 21 heavy (non-hydrogen) atoms. The van der Waals surface area contributed by atoms with Crippen LogP contribution in [0.4, 0.5) is 4.39 Å². The van der Waals surface area contributed by atoms with E-state index in [2.05, 4.69) is 0 Å². The SMILES string of the molecule is O=C(O)c1cc(C2CC2)c(OCc2ccccc2)cc1F. The second-order valence-electron chi connectivity index (χ2n) is 5.22. The van der Waals surface area contributed by atoms with Crippen LogP contribution in [-0.4, -0.2) is 11.1 Å². The van der Waals surface area contributed by atoms with E-state index in [0.29, 0.717) is 12.4 Å². The molecule has 1 saturated carbocycles. The third-order valence-corrected chi connectivity index (χ3v) is 3.58. The van der Waals surface area contributed by atoms with E-state index in [9.17, 15) is 9.18 Å². The van der Waals surface area contributed by atoms with Crippen molar-refractivity contribution in [3.05, 3.63) is 65.0 Å². The topological polar surface area (TPSA) is 46.5 Å². The average Bonchev–Trinajstić information content (AvgIpc) is 3.30. The van der Waals surface area contributed by atoms with Crippen LogP contribution in [0.5, 0.6) is 5.75 Å². The molecular weight excluding hydrogens is 271 g/mol. The van der Waals surface area contributed by atoms with Crippen LogP contribution in [0.15, 0.2) is 42.5 Å². The highest BCUT2D eigenvalue weighted by Gasteiger charge is 2.29. The zero-order valence-electron chi connectivity index (χ0n) is 11.4. The predicted molar refractivity (Wildman–Crippen MR) is 76.1 cm³/mol. The Bertz CT molecular complexity index is 663. The van der Waals surface area contributed by atoms with Crippen molar-refractivity contribution >= 4 is 5.97 Å². The van der Waals surface area contributed by atoms with E-state index in [4.69, 9.17) is 9.84 Å². The number of hydrogen-bond acceptors (Lipinski definition) is 2. The number of halogens is 1. The van der Waals surface area contributed by atoms with Crippen LogP contribution in [-0.2, 0) is 6.61 Å². The van der Waals surface area contributed by atoms with Crippen molar-refractivity contribution in [2.24, 2.45) is 0 Å². The largest absolute Gasteiger partial charge is 0.489 e. The summed E-state index contributed by atoms with van der Waals surface area (Å²) in [5, 5.41) is 9.01. The molecule has 0 spiro atoms. The smallest absolute Gasteiger partial charge is 0.338 e. The molecule has 0 atom stereocenters. The van der Waals surface area contributed by atoms with E-state index in [1.165, 1.54) is 12.1 Å². The van der Waals surface area contributed by atoms with Gasteiger partial charge in [0, 0.05) is 6.07 Å². The molecule has 0 heterocycles. The highest BCUT2D eigenvalue weighted by molar-refractivity contribution is 5.88. The fraction of sp³-hybridized carbons (Fsp3) is 0.235. The molecule has 1 fully saturated rings. The average molecular weight is 286 g/mol. The van der Waals surface area contributed by atoms with E-state index < -0.39 is 11.8 Å². The highest BCUT2D eigenvalue weighted by atomic mass is 19.1. The zero-order chi connectivity index (χ0) is 14.8. The minimum atomic E-state index is -1.25. The molecule has 1 aliphatic rings. The van der Waals surface area contributed by atoms with Gasteiger partial charge in [-0.3, -0.25) is 0 Å². The highest BCUT2D eigenvalue weighted by Crippen LogP contribution is 2.45. The molecule has 0 amide bonds. The van der Waals surface area contributed by atoms with Gasteiger partial charge in [-0.1, -0.05) is 30.3 Å². The fourth-order valence-electron chi connectivity index (χ4n) is 2.31. The Balaban J connectivity index is 1.87. The Morgan fingerprint density at radius 2 is 1.95 bits per heavy atom. The summed E-state index contributed by atoms with van der Waals surface area (Å²) in [7, 11) is 0. The van der Waals surface area contributed by atoms with E-state index in [1.54, 1.807) is 0 Å². The Morgan fingerprint density at radius 3 is 2.57 bits per heavy atom. The van der Waals surface area contributed by atoms with E-state index in [0.717, 1.165) is 24.0 Å². The summed E-state index contributed by atoms with van der Waals surface area (Å²) in [5.74, 6) is -1.27. The summed E-state index contributed by atoms with van der Waals surface area (Å²) in [5.41, 5.74) is 1.50. The lowest BCUT2D eigenvalue weighted by atomic mass is 10.0. The maximum Gasteiger partial charge on any atom is 0.338 e. The Hall–Kier alpha value is -2.36. The maximum atomic E-state index is 13.8. The molecule has 0 aliphatic heterocycles. The molecule has 3 nitrogen and oxygen atoms in total. The number of aromatic carboxylic acids is 1. The van der Waals surface area contributed by atoms with Gasteiger partial charge in [-0.25, -0.2) is 9.18 Å². The van der Waals surface area contributed by atoms with Gasteiger partial charge in [-0.15, -0.1) is 0 Å². The van der Waals surface area contributed by atoms with Crippen molar-refractivity contribution in [2.45, 2.75) is 25.4 Å². The van der Waals surface area contributed by atoms with Gasteiger partial charge in [0.1, 0.15) is 18.2 Å². The number of benzene rings is 2. The fourth-order valence-corrected chi connectivity index (χ4v) is 2.31. The van der Waals surface area contributed by atoms with Gasteiger partial charge in [-0.05, 0) is 36.0 Å². The van der Waals surface area contributed by atoms with Crippen molar-refractivity contribution in [1.29, 1.82) is 0 Å². The molecule has 2 aromatic carbocycles. The summed E-state index contributed by atoms with van der Waals surface area (Å²) >= 11 is 0. The van der Waals surface area contributed by atoms with Crippen molar-refractivity contribution < 1.29 is 19.0 Å². The van der Waals surface area contributed by atoms with Crippen LogP contribution in [0.1, 0.15) is 40.2 Å². The first-order chi connectivity index (χ1) is 10.1.